The molecule has 0 radical (unpaired) electrons. The van der Waals surface area contributed by atoms with Crippen LogP contribution >= 0.6 is 0 Å². The highest BCUT2D eigenvalue weighted by Crippen LogP contribution is 2.43. The summed E-state index contributed by atoms with van der Waals surface area (Å²) in [6.45, 7) is 21.4. The number of ether oxygens (including phenoxy) is 1. The van der Waals surface area contributed by atoms with Crippen LogP contribution in [0.15, 0.2) is 27.0 Å². The number of H-pyrrole nitrogens is 1. The minimum atomic E-state index is -2.35. The number of aromatic amines is 1. The predicted octanol–water partition coefficient (Wildman–Crippen LogP) is 4.53. The Hall–Kier alpha value is -1.70. The molecule has 1 aromatic heterocycles. The van der Waals surface area contributed by atoms with Gasteiger partial charge in [0.15, 0.2) is 22.9 Å². The molecule has 0 saturated carbocycles. The molecule has 1 N–H and O–H groups in total. The molecule has 2 rings (SSSR count). The van der Waals surface area contributed by atoms with Gasteiger partial charge in [-0.1, -0.05) is 46.7 Å². The summed E-state index contributed by atoms with van der Waals surface area (Å²) in [4.78, 5) is 29.6. The number of aromatic nitrogens is 2. The summed E-state index contributed by atoms with van der Waals surface area (Å²) in [5, 5.41) is 3.91. The Kier molecular flexibility index (Phi) is 7.94. The maximum absolute atomic E-state index is 12.6. The molecule has 0 unspecified atom stereocenters. The van der Waals surface area contributed by atoms with E-state index in [0.29, 0.717) is 0 Å². The smallest absolute Gasteiger partial charge is 0.330 e. The van der Waals surface area contributed by atoms with Crippen molar-refractivity contribution in [2.24, 2.45) is 5.11 Å². The fraction of sp³-hybridized carbons (Fsp3) is 0.810. The van der Waals surface area contributed by atoms with Crippen molar-refractivity contribution in [2.45, 2.75) is 102 Å². The predicted molar refractivity (Wildman–Crippen MR) is 133 cm³/mol. The van der Waals surface area contributed by atoms with Crippen molar-refractivity contribution < 1.29 is 13.6 Å². The van der Waals surface area contributed by atoms with Crippen LogP contribution in [0, 0.1) is 0 Å². The minimum Gasteiger partial charge on any atom is -0.414 e. The van der Waals surface area contributed by atoms with Gasteiger partial charge in [-0.3, -0.25) is 14.3 Å². The molecule has 10 nitrogen and oxygen atoms in total. The van der Waals surface area contributed by atoms with Crippen molar-refractivity contribution in [1.82, 2.24) is 9.55 Å². The third-order valence-electron chi connectivity index (χ3n) is 7.27. The zero-order chi connectivity index (χ0) is 25.4. The second-order valence-electron chi connectivity index (χ2n) is 11.7. The second kappa shape index (κ2) is 9.51. The summed E-state index contributed by atoms with van der Waals surface area (Å²) in [5.74, 6) is 0. The van der Waals surface area contributed by atoms with Crippen LogP contribution in [0.4, 0.5) is 0 Å². The molecule has 1 saturated heterocycles. The van der Waals surface area contributed by atoms with Crippen molar-refractivity contribution in [3.05, 3.63) is 43.5 Å². The van der Waals surface area contributed by atoms with Crippen molar-refractivity contribution >= 4 is 16.6 Å². The maximum atomic E-state index is 12.6. The van der Waals surface area contributed by atoms with Crippen LogP contribution in [-0.2, 0) is 13.6 Å². The van der Waals surface area contributed by atoms with Crippen LogP contribution in [0.3, 0.4) is 0 Å². The van der Waals surface area contributed by atoms with Crippen molar-refractivity contribution in [3.63, 3.8) is 0 Å². The molecule has 1 fully saturated rings. The topological polar surface area (TPSA) is 131 Å². The van der Waals surface area contributed by atoms with Gasteiger partial charge in [-0.2, -0.15) is 0 Å². The zero-order valence-corrected chi connectivity index (χ0v) is 23.5. The normalized spacial score (nSPS) is 24.5. The van der Waals surface area contributed by atoms with Crippen LogP contribution in [0.1, 0.15) is 47.8 Å². The highest BCUT2D eigenvalue weighted by Gasteiger charge is 2.51. The van der Waals surface area contributed by atoms with E-state index in [0.717, 1.165) is 0 Å². The molecule has 0 aliphatic carbocycles. The molecule has 1 aromatic rings. The first-order chi connectivity index (χ1) is 14.9. The number of hydrogen-bond acceptors (Lipinski definition) is 6. The third kappa shape index (κ3) is 6.06. The summed E-state index contributed by atoms with van der Waals surface area (Å²) >= 11 is 0. The summed E-state index contributed by atoms with van der Waals surface area (Å²) < 4.78 is 20.6. The zero-order valence-electron chi connectivity index (χ0n) is 21.5. The van der Waals surface area contributed by atoms with Gasteiger partial charge in [-0.15, -0.1) is 0 Å². The highest BCUT2D eigenvalue weighted by molar-refractivity contribution is 6.74. The maximum Gasteiger partial charge on any atom is 0.330 e. The Bertz CT molecular complexity index is 1000. The van der Waals surface area contributed by atoms with Crippen LogP contribution in [-0.4, -0.2) is 51.0 Å². The number of azide groups is 1. The van der Waals surface area contributed by atoms with E-state index in [4.69, 9.17) is 13.6 Å². The van der Waals surface area contributed by atoms with Crippen molar-refractivity contribution in [2.75, 3.05) is 6.61 Å². The number of rotatable bonds is 7. The van der Waals surface area contributed by atoms with Crippen molar-refractivity contribution in [1.29, 1.82) is 0 Å². The van der Waals surface area contributed by atoms with Gasteiger partial charge < -0.3 is 13.6 Å². The summed E-state index contributed by atoms with van der Waals surface area (Å²) in [6.07, 6.45) is -0.794. The monoisotopic (exact) mass is 497 g/mol. The van der Waals surface area contributed by atoms with E-state index in [2.05, 4.69) is 82.7 Å². The summed E-state index contributed by atoms with van der Waals surface area (Å²) in [7, 11) is -4.45. The molecule has 0 amide bonds. The Morgan fingerprint density at radius 2 is 1.70 bits per heavy atom. The second-order valence-corrected chi connectivity index (χ2v) is 21.3. The van der Waals surface area contributed by atoms with E-state index >= 15 is 0 Å². The Morgan fingerprint density at radius 1 is 1.12 bits per heavy atom. The first-order valence-electron chi connectivity index (χ1n) is 11.2. The van der Waals surface area contributed by atoms with Crippen molar-refractivity contribution in [3.8, 4) is 0 Å². The van der Waals surface area contributed by atoms with Crippen LogP contribution < -0.4 is 11.2 Å². The molecular formula is C21H39N5O5Si2. The van der Waals surface area contributed by atoms with Gasteiger partial charge in [0.05, 0.1) is 18.8 Å². The molecule has 12 heteroatoms. The molecule has 0 bridgehead atoms. The standard InChI is InChI=1S/C21H39N5O5Si2/c1-20(2,3)32(7,8)29-13-14-16(24-25-22)17(31-33(9,10)21(4,5)6)18(30-14)26-12-11-15(27)23-19(26)28/h11-12,14,16-18H,13H2,1-10H3,(H,23,27,28)/t14-,16-,17-,18-/m1/s1. The number of hydrogen-bond donors (Lipinski definition) is 1. The summed E-state index contributed by atoms with van der Waals surface area (Å²) in [6, 6.07) is 0.564. The number of nitrogens with one attached hydrogen (secondary N) is 1. The van der Waals surface area contributed by atoms with Gasteiger partial charge in [0.25, 0.3) is 5.56 Å². The van der Waals surface area contributed by atoms with Crippen LogP contribution in [0.25, 0.3) is 10.4 Å². The highest BCUT2D eigenvalue weighted by atomic mass is 28.4. The molecule has 1 aliphatic heterocycles. The molecular weight excluding hydrogens is 458 g/mol. The largest absolute Gasteiger partial charge is 0.414 e. The van der Waals surface area contributed by atoms with Gasteiger partial charge in [-0.05, 0) is 41.8 Å². The van der Waals surface area contributed by atoms with E-state index in [1.807, 2.05) is 0 Å². The SMILES string of the molecule is CC(C)(C)[Si](C)(C)OC[C@H]1O[C@@H](n2ccc(=O)[nH]c2=O)[C@H](O[Si](C)(C)C(C)(C)C)[C@@H]1N=[N+]=[N-]. The lowest BCUT2D eigenvalue weighted by atomic mass is 10.1. The molecule has 0 spiro atoms. The third-order valence-corrected chi connectivity index (χ3v) is 16.2. The average molecular weight is 498 g/mol. The average Bonchev–Trinajstić information content (AvgIpc) is 2.95. The molecule has 0 aromatic carbocycles. The minimum absolute atomic E-state index is 0.00804. The lowest BCUT2D eigenvalue weighted by Gasteiger charge is -2.40. The van der Waals surface area contributed by atoms with Gasteiger partial charge in [0, 0.05) is 17.2 Å². The molecule has 2 heterocycles. The Labute approximate surface area is 197 Å². The molecule has 186 valence electrons. The van der Waals surface area contributed by atoms with E-state index in [-0.39, 0.29) is 16.7 Å². The first-order valence-corrected chi connectivity index (χ1v) is 17.1. The molecule has 4 atom stereocenters. The van der Waals surface area contributed by atoms with Crippen LogP contribution in [0.5, 0.6) is 0 Å². The molecule has 1 aliphatic rings. The van der Waals surface area contributed by atoms with E-state index in [9.17, 15) is 15.1 Å². The fourth-order valence-electron chi connectivity index (χ4n) is 3.06. The Balaban J connectivity index is 2.50. The summed E-state index contributed by atoms with van der Waals surface area (Å²) in [5.41, 5.74) is 8.23. The quantitative estimate of drug-likeness (QED) is 0.256. The lowest BCUT2D eigenvalue weighted by molar-refractivity contribution is -0.0489. The van der Waals surface area contributed by atoms with Gasteiger partial charge >= 0.3 is 5.69 Å². The van der Waals surface area contributed by atoms with E-state index in [1.54, 1.807) is 0 Å². The Morgan fingerprint density at radius 3 is 2.18 bits per heavy atom. The molecule has 33 heavy (non-hydrogen) atoms. The van der Waals surface area contributed by atoms with Gasteiger partial charge in [-0.25, -0.2) is 4.79 Å². The fourth-order valence-corrected chi connectivity index (χ4v) is 5.36. The van der Waals surface area contributed by atoms with E-state index in [1.165, 1.54) is 16.8 Å². The van der Waals surface area contributed by atoms with Gasteiger partial charge in [0.1, 0.15) is 6.10 Å². The first kappa shape index (κ1) is 27.5. The van der Waals surface area contributed by atoms with E-state index < -0.39 is 52.4 Å². The lowest BCUT2D eigenvalue weighted by Crippen LogP contribution is -2.49. The van der Waals surface area contributed by atoms with Crippen LogP contribution in [0.2, 0.25) is 36.3 Å². The van der Waals surface area contributed by atoms with Gasteiger partial charge in [0.2, 0.25) is 0 Å². The number of nitrogens with zero attached hydrogens (tertiary/aromatic N) is 4.